The Labute approximate surface area is 112 Å². The number of aliphatic hydroxyl groups excluding tert-OH is 1. The predicted octanol–water partition coefficient (Wildman–Crippen LogP) is 3.03. The van der Waals surface area contributed by atoms with Crippen LogP contribution < -0.4 is 0 Å². The molecule has 1 atom stereocenters. The molecule has 3 heteroatoms. The predicted molar refractivity (Wildman–Crippen MR) is 75.2 cm³/mol. The van der Waals surface area contributed by atoms with Crippen molar-refractivity contribution < 1.29 is 5.11 Å². The minimum Gasteiger partial charge on any atom is -0.384 e. The Bertz CT molecular complexity index is 730. The minimum absolute atomic E-state index is 0.638. The van der Waals surface area contributed by atoms with E-state index < -0.39 is 6.10 Å². The second kappa shape index (κ2) is 4.52. The zero-order valence-electron chi connectivity index (χ0n) is 11.0. The van der Waals surface area contributed by atoms with Crippen LogP contribution >= 0.6 is 0 Å². The third kappa shape index (κ3) is 2.02. The first kappa shape index (κ1) is 11.9. The average Bonchev–Trinajstić information content (AvgIpc) is 2.82. The molecular weight excluding hydrogens is 236 g/mol. The number of aromatic nitrogens is 2. The average molecular weight is 252 g/mol. The van der Waals surface area contributed by atoms with Crippen molar-refractivity contribution in [3.63, 3.8) is 0 Å². The van der Waals surface area contributed by atoms with E-state index in [-0.39, 0.29) is 0 Å². The van der Waals surface area contributed by atoms with E-state index in [1.807, 2.05) is 43.5 Å². The number of nitrogens with zero attached hydrogens (tertiary/aromatic N) is 2. The molecule has 0 amide bonds. The van der Waals surface area contributed by atoms with Crippen molar-refractivity contribution in [2.45, 2.75) is 20.0 Å². The number of rotatable bonds is 2. The topological polar surface area (TPSA) is 37.5 Å². The zero-order chi connectivity index (χ0) is 13.4. The SMILES string of the molecule is Cc1ccc(C(O)c2cnn3ccccc23)c(C)c1. The lowest BCUT2D eigenvalue weighted by Crippen LogP contribution is -2.02. The van der Waals surface area contributed by atoms with Crippen LogP contribution in [0.5, 0.6) is 0 Å². The highest BCUT2D eigenvalue weighted by Gasteiger charge is 2.17. The number of hydrogen-bond donors (Lipinski definition) is 1. The summed E-state index contributed by atoms with van der Waals surface area (Å²) in [6.45, 7) is 4.08. The van der Waals surface area contributed by atoms with Crippen LogP contribution in [0.1, 0.15) is 28.4 Å². The summed E-state index contributed by atoms with van der Waals surface area (Å²) in [4.78, 5) is 0. The third-order valence-electron chi connectivity index (χ3n) is 3.47. The molecule has 2 heterocycles. The van der Waals surface area contributed by atoms with Crippen LogP contribution in [0.2, 0.25) is 0 Å². The van der Waals surface area contributed by atoms with E-state index in [1.165, 1.54) is 5.56 Å². The monoisotopic (exact) mass is 252 g/mol. The highest BCUT2D eigenvalue weighted by Crippen LogP contribution is 2.28. The van der Waals surface area contributed by atoms with E-state index in [2.05, 4.69) is 18.1 Å². The van der Waals surface area contributed by atoms with Gasteiger partial charge in [-0.25, -0.2) is 4.52 Å². The van der Waals surface area contributed by atoms with Crippen molar-refractivity contribution in [3.8, 4) is 0 Å². The maximum absolute atomic E-state index is 10.6. The summed E-state index contributed by atoms with van der Waals surface area (Å²) >= 11 is 0. The van der Waals surface area contributed by atoms with E-state index in [1.54, 1.807) is 10.7 Å². The molecule has 3 rings (SSSR count). The Hall–Kier alpha value is -2.13. The fourth-order valence-electron chi connectivity index (χ4n) is 2.46. The van der Waals surface area contributed by atoms with Crippen molar-refractivity contribution in [3.05, 3.63) is 71.0 Å². The summed E-state index contributed by atoms with van der Waals surface area (Å²) in [6.07, 6.45) is 2.98. The van der Waals surface area contributed by atoms with Gasteiger partial charge in [0.2, 0.25) is 0 Å². The van der Waals surface area contributed by atoms with Gasteiger partial charge in [-0.1, -0.05) is 29.8 Å². The number of benzene rings is 1. The van der Waals surface area contributed by atoms with Gasteiger partial charge in [0.25, 0.3) is 0 Å². The molecule has 0 saturated heterocycles. The lowest BCUT2D eigenvalue weighted by Gasteiger charge is -2.13. The number of fused-ring (bicyclic) bond motifs is 1. The summed E-state index contributed by atoms with van der Waals surface area (Å²) in [5.41, 5.74) is 5.02. The molecule has 0 aliphatic rings. The van der Waals surface area contributed by atoms with Crippen LogP contribution in [0, 0.1) is 13.8 Å². The van der Waals surface area contributed by atoms with E-state index in [0.29, 0.717) is 0 Å². The van der Waals surface area contributed by atoms with Gasteiger partial charge in [-0.2, -0.15) is 5.10 Å². The Morgan fingerprint density at radius 1 is 1.11 bits per heavy atom. The quantitative estimate of drug-likeness (QED) is 0.761. The first-order valence-electron chi connectivity index (χ1n) is 6.34. The fraction of sp³-hybridized carbons (Fsp3) is 0.188. The molecule has 19 heavy (non-hydrogen) atoms. The third-order valence-corrected chi connectivity index (χ3v) is 3.47. The van der Waals surface area contributed by atoms with Crippen molar-refractivity contribution in [2.24, 2.45) is 0 Å². The molecule has 3 aromatic rings. The van der Waals surface area contributed by atoms with Gasteiger partial charge in [-0.05, 0) is 37.1 Å². The van der Waals surface area contributed by atoms with Crippen molar-refractivity contribution in [2.75, 3.05) is 0 Å². The first-order valence-corrected chi connectivity index (χ1v) is 6.34. The molecule has 3 nitrogen and oxygen atoms in total. The Morgan fingerprint density at radius 2 is 1.95 bits per heavy atom. The first-order chi connectivity index (χ1) is 9.16. The van der Waals surface area contributed by atoms with Crippen molar-refractivity contribution in [1.29, 1.82) is 0 Å². The van der Waals surface area contributed by atoms with Crippen LogP contribution in [0.25, 0.3) is 5.52 Å². The summed E-state index contributed by atoms with van der Waals surface area (Å²) in [5.74, 6) is 0. The molecule has 0 aliphatic heterocycles. The molecule has 0 radical (unpaired) electrons. The fourth-order valence-corrected chi connectivity index (χ4v) is 2.46. The molecule has 0 fully saturated rings. The van der Waals surface area contributed by atoms with Gasteiger partial charge in [0.05, 0.1) is 11.7 Å². The highest BCUT2D eigenvalue weighted by atomic mass is 16.3. The smallest absolute Gasteiger partial charge is 0.108 e. The molecular formula is C16H16N2O. The van der Waals surface area contributed by atoms with Gasteiger partial charge in [0, 0.05) is 11.8 Å². The molecule has 0 bridgehead atoms. The normalized spacial score (nSPS) is 12.8. The summed E-state index contributed by atoms with van der Waals surface area (Å²) < 4.78 is 1.78. The van der Waals surface area contributed by atoms with E-state index >= 15 is 0 Å². The van der Waals surface area contributed by atoms with Gasteiger partial charge in [-0.15, -0.1) is 0 Å². The lowest BCUT2D eigenvalue weighted by atomic mass is 9.97. The molecule has 96 valence electrons. The van der Waals surface area contributed by atoms with E-state index in [4.69, 9.17) is 0 Å². The zero-order valence-corrected chi connectivity index (χ0v) is 11.0. The van der Waals surface area contributed by atoms with Crippen LogP contribution in [0.4, 0.5) is 0 Å². The lowest BCUT2D eigenvalue weighted by molar-refractivity contribution is 0.221. The highest BCUT2D eigenvalue weighted by molar-refractivity contribution is 5.57. The number of pyridine rings is 1. The molecule has 0 saturated carbocycles. The summed E-state index contributed by atoms with van der Waals surface area (Å²) in [6, 6.07) is 11.9. The van der Waals surface area contributed by atoms with Gasteiger partial charge in [-0.3, -0.25) is 0 Å². The second-order valence-electron chi connectivity index (χ2n) is 4.89. The van der Waals surface area contributed by atoms with Crippen LogP contribution in [0.3, 0.4) is 0 Å². The number of aliphatic hydroxyl groups is 1. The van der Waals surface area contributed by atoms with Crippen molar-refractivity contribution in [1.82, 2.24) is 9.61 Å². The maximum Gasteiger partial charge on any atom is 0.108 e. The Balaban J connectivity index is 2.10. The maximum atomic E-state index is 10.6. The van der Waals surface area contributed by atoms with Gasteiger partial charge in [0.15, 0.2) is 0 Å². The molecule has 0 aliphatic carbocycles. The molecule has 1 aromatic carbocycles. The summed E-state index contributed by atoms with van der Waals surface area (Å²) in [7, 11) is 0. The standard InChI is InChI=1S/C16H16N2O/c1-11-6-7-13(12(2)9-11)16(19)14-10-17-18-8-4-3-5-15(14)18/h3-10,16,19H,1-2H3. The molecule has 0 spiro atoms. The van der Waals surface area contributed by atoms with Crippen molar-refractivity contribution >= 4 is 5.52 Å². The Kier molecular flexibility index (Phi) is 2.84. The van der Waals surface area contributed by atoms with E-state index in [9.17, 15) is 5.11 Å². The van der Waals surface area contributed by atoms with E-state index in [0.717, 1.165) is 22.2 Å². The number of hydrogen-bond acceptors (Lipinski definition) is 2. The molecule has 2 aromatic heterocycles. The minimum atomic E-state index is -0.638. The van der Waals surface area contributed by atoms with Gasteiger partial charge in [0.1, 0.15) is 6.10 Å². The van der Waals surface area contributed by atoms with Crippen LogP contribution in [-0.4, -0.2) is 14.7 Å². The molecule has 1 unspecified atom stereocenters. The van der Waals surface area contributed by atoms with Gasteiger partial charge < -0.3 is 5.11 Å². The van der Waals surface area contributed by atoms with Crippen LogP contribution in [0.15, 0.2) is 48.8 Å². The second-order valence-corrected chi connectivity index (χ2v) is 4.89. The van der Waals surface area contributed by atoms with Gasteiger partial charge >= 0.3 is 0 Å². The Morgan fingerprint density at radius 3 is 2.74 bits per heavy atom. The summed E-state index contributed by atoms with van der Waals surface area (Å²) in [5, 5.41) is 14.9. The van der Waals surface area contributed by atoms with Crippen LogP contribution in [-0.2, 0) is 0 Å². The number of aryl methyl sites for hydroxylation is 2. The largest absolute Gasteiger partial charge is 0.384 e. The molecule has 1 N–H and O–H groups in total.